The zero-order valence-corrected chi connectivity index (χ0v) is 7.33. The van der Waals surface area contributed by atoms with Crippen LogP contribution in [-0.2, 0) is 4.79 Å². The van der Waals surface area contributed by atoms with Crippen molar-refractivity contribution < 1.29 is 31.1 Å². The van der Waals surface area contributed by atoms with Gasteiger partial charge in [-0.15, -0.1) is 0 Å². The molecule has 0 aliphatic rings. The van der Waals surface area contributed by atoms with Crippen molar-refractivity contribution in [2.75, 3.05) is 5.32 Å². The van der Waals surface area contributed by atoms with Gasteiger partial charge in [-0.1, -0.05) is 0 Å². The molecule has 1 aromatic carbocycles. The third kappa shape index (κ3) is 2.65. The fourth-order valence-electron chi connectivity index (χ4n) is 0.812. The molecular formula is C8H3F6NO. The molecule has 0 aromatic heterocycles. The first-order valence-electron chi connectivity index (χ1n) is 3.74. The van der Waals surface area contributed by atoms with Gasteiger partial charge in [0.15, 0.2) is 11.6 Å². The summed E-state index contributed by atoms with van der Waals surface area (Å²) in [4.78, 5) is 10.4. The highest BCUT2D eigenvalue weighted by molar-refractivity contribution is 5.94. The van der Waals surface area contributed by atoms with Crippen molar-refractivity contribution in [3.05, 3.63) is 29.6 Å². The minimum absolute atomic E-state index is 0.0291. The van der Waals surface area contributed by atoms with Gasteiger partial charge in [-0.05, 0) is 0 Å². The van der Waals surface area contributed by atoms with Gasteiger partial charge in [0.1, 0.15) is 5.82 Å². The van der Waals surface area contributed by atoms with E-state index in [0.29, 0.717) is 0 Å². The van der Waals surface area contributed by atoms with Gasteiger partial charge in [-0.25, -0.2) is 13.2 Å². The van der Waals surface area contributed by atoms with E-state index in [1.807, 2.05) is 0 Å². The smallest absolute Gasteiger partial charge is 0.316 e. The Hall–Kier alpha value is -1.73. The number of anilines is 1. The molecule has 0 saturated carbocycles. The van der Waals surface area contributed by atoms with E-state index in [1.165, 1.54) is 0 Å². The summed E-state index contributed by atoms with van der Waals surface area (Å²) in [6.45, 7) is 0. The van der Waals surface area contributed by atoms with E-state index in [-0.39, 0.29) is 12.1 Å². The predicted octanol–water partition coefficient (Wildman–Crippen LogP) is 2.60. The van der Waals surface area contributed by atoms with E-state index in [4.69, 9.17) is 0 Å². The van der Waals surface area contributed by atoms with Crippen molar-refractivity contribution in [1.82, 2.24) is 0 Å². The predicted molar refractivity (Wildman–Crippen MR) is 41.0 cm³/mol. The second-order valence-electron chi connectivity index (χ2n) is 2.70. The van der Waals surface area contributed by atoms with Crippen LogP contribution in [0.1, 0.15) is 0 Å². The van der Waals surface area contributed by atoms with Crippen LogP contribution in [0.5, 0.6) is 0 Å². The summed E-state index contributed by atoms with van der Waals surface area (Å²) < 4.78 is 72.9. The first-order chi connectivity index (χ1) is 7.21. The number of carbonyl (C=O) groups is 1. The number of halogens is 6. The van der Waals surface area contributed by atoms with E-state index in [0.717, 1.165) is 5.32 Å². The van der Waals surface area contributed by atoms with Crippen molar-refractivity contribution in [1.29, 1.82) is 0 Å². The zero-order chi connectivity index (χ0) is 12.5. The zero-order valence-electron chi connectivity index (χ0n) is 7.33. The van der Waals surface area contributed by atoms with Crippen LogP contribution in [0.4, 0.5) is 32.0 Å². The Balaban J connectivity index is 2.99. The molecule has 2 nitrogen and oxygen atoms in total. The van der Waals surface area contributed by atoms with Crippen molar-refractivity contribution in [3.63, 3.8) is 0 Å². The fraction of sp³-hybridized carbons (Fsp3) is 0.125. The first-order valence-corrected chi connectivity index (χ1v) is 3.74. The van der Waals surface area contributed by atoms with E-state index in [9.17, 15) is 31.1 Å². The monoisotopic (exact) mass is 243 g/mol. The van der Waals surface area contributed by atoms with Crippen molar-refractivity contribution in [3.8, 4) is 0 Å². The van der Waals surface area contributed by atoms with E-state index in [2.05, 4.69) is 0 Å². The van der Waals surface area contributed by atoms with Gasteiger partial charge < -0.3 is 5.32 Å². The minimum atomic E-state index is -5.24. The standard InChI is InChI=1S/C8H3F6NO/c9-3-1-5(11)6(2-4(3)10)15-7(16)8(12,13)14/h1-2H,(H,15,16). The van der Waals surface area contributed by atoms with Crippen LogP contribution in [0.3, 0.4) is 0 Å². The van der Waals surface area contributed by atoms with Crippen LogP contribution < -0.4 is 5.32 Å². The van der Waals surface area contributed by atoms with Crippen LogP contribution in [0.2, 0.25) is 0 Å². The molecule has 0 aliphatic carbocycles. The molecule has 0 heterocycles. The van der Waals surface area contributed by atoms with Crippen molar-refractivity contribution in [2.24, 2.45) is 0 Å². The van der Waals surface area contributed by atoms with Gasteiger partial charge in [0.25, 0.3) is 0 Å². The molecule has 1 amide bonds. The summed E-state index contributed by atoms with van der Waals surface area (Å²) in [6.07, 6.45) is -5.24. The minimum Gasteiger partial charge on any atom is -0.316 e. The Morgan fingerprint density at radius 1 is 1.00 bits per heavy atom. The molecule has 0 spiro atoms. The third-order valence-electron chi connectivity index (χ3n) is 1.52. The Kier molecular flexibility index (Phi) is 3.11. The molecule has 0 aliphatic heterocycles. The highest BCUT2D eigenvalue weighted by atomic mass is 19.4. The number of amides is 1. The number of hydrogen-bond acceptors (Lipinski definition) is 1. The number of hydrogen-bond donors (Lipinski definition) is 1. The van der Waals surface area contributed by atoms with Crippen LogP contribution in [0.25, 0.3) is 0 Å². The van der Waals surface area contributed by atoms with Crippen LogP contribution in [0, 0.1) is 17.5 Å². The molecule has 1 rings (SSSR count). The summed E-state index contributed by atoms with van der Waals surface area (Å²) in [5.41, 5.74) is -1.08. The SMILES string of the molecule is O=C(Nc1cc(F)c(F)cc1F)C(F)(F)F. The Labute approximate surface area is 84.9 Å². The second-order valence-corrected chi connectivity index (χ2v) is 2.70. The summed E-state index contributed by atoms with van der Waals surface area (Å²) in [5.74, 6) is -7.12. The maximum absolute atomic E-state index is 12.8. The van der Waals surface area contributed by atoms with Crippen molar-refractivity contribution >= 4 is 11.6 Å². The Bertz CT molecular complexity index is 427. The number of benzene rings is 1. The summed E-state index contributed by atoms with van der Waals surface area (Å²) >= 11 is 0. The van der Waals surface area contributed by atoms with Crippen molar-refractivity contribution in [2.45, 2.75) is 6.18 Å². The van der Waals surface area contributed by atoms with Gasteiger partial charge in [0, 0.05) is 12.1 Å². The maximum Gasteiger partial charge on any atom is 0.471 e. The highest BCUT2D eigenvalue weighted by Crippen LogP contribution is 2.22. The third-order valence-corrected chi connectivity index (χ3v) is 1.52. The summed E-state index contributed by atoms with van der Waals surface area (Å²) in [6, 6.07) is 0.148. The quantitative estimate of drug-likeness (QED) is 0.596. The molecule has 8 heteroatoms. The number of nitrogens with one attached hydrogen (secondary N) is 1. The first kappa shape index (κ1) is 12.3. The topological polar surface area (TPSA) is 29.1 Å². The molecule has 0 unspecified atom stereocenters. The van der Waals surface area contributed by atoms with Gasteiger partial charge in [0.2, 0.25) is 0 Å². The van der Waals surface area contributed by atoms with Gasteiger partial charge in [0.05, 0.1) is 5.69 Å². The average Bonchev–Trinajstić information content (AvgIpc) is 2.12. The summed E-state index contributed by atoms with van der Waals surface area (Å²) in [5, 5.41) is 1.07. The largest absolute Gasteiger partial charge is 0.471 e. The lowest BCUT2D eigenvalue weighted by Crippen LogP contribution is -2.30. The van der Waals surface area contributed by atoms with Gasteiger partial charge >= 0.3 is 12.1 Å². The van der Waals surface area contributed by atoms with E-state index in [1.54, 1.807) is 0 Å². The Morgan fingerprint density at radius 3 is 2.00 bits per heavy atom. The lowest BCUT2D eigenvalue weighted by Gasteiger charge is -2.08. The second kappa shape index (κ2) is 4.03. The van der Waals surface area contributed by atoms with E-state index < -0.39 is 35.2 Å². The maximum atomic E-state index is 12.8. The summed E-state index contributed by atoms with van der Waals surface area (Å²) in [7, 11) is 0. The molecule has 1 aromatic rings. The number of carbonyl (C=O) groups excluding carboxylic acids is 1. The molecule has 1 N–H and O–H groups in total. The highest BCUT2D eigenvalue weighted by Gasteiger charge is 2.39. The molecule has 0 bridgehead atoms. The van der Waals surface area contributed by atoms with Gasteiger partial charge in [-0.3, -0.25) is 4.79 Å². The molecule has 0 radical (unpaired) electrons. The Morgan fingerprint density at radius 2 is 1.50 bits per heavy atom. The van der Waals surface area contributed by atoms with Gasteiger partial charge in [-0.2, -0.15) is 13.2 Å². The normalized spacial score (nSPS) is 11.4. The van der Waals surface area contributed by atoms with E-state index >= 15 is 0 Å². The van der Waals surface area contributed by atoms with Crippen LogP contribution >= 0.6 is 0 Å². The fourth-order valence-corrected chi connectivity index (χ4v) is 0.812. The molecule has 88 valence electrons. The number of alkyl halides is 3. The molecule has 0 fully saturated rings. The number of rotatable bonds is 1. The molecule has 0 atom stereocenters. The molecule has 16 heavy (non-hydrogen) atoms. The van der Waals surface area contributed by atoms with Crippen LogP contribution in [-0.4, -0.2) is 12.1 Å². The lowest BCUT2D eigenvalue weighted by atomic mass is 10.3. The molecular weight excluding hydrogens is 240 g/mol. The molecule has 0 saturated heterocycles. The lowest BCUT2D eigenvalue weighted by molar-refractivity contribution is -0.167. The van der Waals surface area contributed by atoms with Crippen LogP contribution in [0.15, 0.2) is 12.1 Å². The average molecular weight is 243 g/mol.